The zero-order chi connectivity index (χ0) is 17.8. The van der Waals surface area contributed by atoms with Crippen molar-refractivity contribution < 1.29 is 4.79 Å². The summed E-state index contributed by atoms with van der Waals surface area (Å²) in [5.74, 6) is -0.104. The minimum atomic E-state index is -0.104. The van der Waals surface area contributed by atoms with Crippen molar-refractivity contribution in [2.75, 3.05) is 16.8 Å². The van der Waals surface area contributed by atoms with E-state index in [1.165, 1.54) is 19.3 Å². The van der Waals surface area contributed by atoms with Gasteiger partial charge >= 0.3 is 0 Å². The molecule has 0 spiro atoms. The molecule has 1 aromatic carbocycles. The number of anilines is 2. The van der Waals surface area contributed by atoms with Gasteiger partial charge in [-0.25, -0.2) is 0 Å². The van der Waals surface area contributed by atoms with Gasteiger partial charge in [0, 0.05) is 24.5 Å². The summed E-state index contributed by atoms with van der Waals surface area (Å²) in [6.45, 7) is 7.30. The number of nitrogens with one attached hydrogen (secondary N) is 1. The molecule has 1 aliphatic heterocycles. The first-order valence-electron chi connectivity index (χ1n) is 9.18. The van der Waals surface area contributed by atoms with Gasteiger partial charge in [-0.2, -0.15) is 0 Å². The van der Waals surface area contributed by atoms with Gasteiger partial charge in [-0.3, -0.25) is 9.78 Å². The van der Waals surface area contributed by atoms with Gasteiger partial charge in [0.25, 0.3) is 5.91 Å². The van der Waals surface area contributed by atoms with Gasteiger partial charge in [0.2, 0.25) is 0 Å². The second kappa shape index (κ2) is 7.68. The SMILES string of the molecule is CCC1CCCCN1c1cncc(C(=O)Nc2cc(C)ccc2C)c1. The maximum Gasteiger partial charge on any atom is 0.257 e. The van der Waals surface area contributed by atoms with Crippen LogP contribution in [-0.2, 0) is 0 Å². The van der Waals surface area contributed by atoms with E-state index in [1.54, 1.807) is 6.20 Å². The van der Waals surface area contributed by atoms with Crippen LogP contribution in [0.1, 0.15) is 54.1 Å². The minimum absolute atomic E-state index is 0.104. The second-order valence-corrected chi connectivity index (χ2v) is 6.96. The lowest BCUT2D eigenvalue weighted by Crippen LogP contribution is -2.39. The molecule has 0 aliphatic carbocycles. The van der Waals surface area contributed by atoms with Crippen molar-refractivity contribution in [2.45, 2.75) is 52.5 Å². The molecule has 1 aromatic heterocycles. The van der Waals surface area contributed by atoms with E-state index in [0.29, 0.717) is 11.6 Å². The molecule has 25 heavy (non-hydrogen) atoms. The van der Waals surface area contributed by atoms with Crippen LogP contribution in [0, 0.1) is 13.8 Å². The second-order valence-electron chi connectivity index (χ2n) is 6.96. The van der Waals surface area contributed by atoms with Gasteiger partial charge in [-0.1, -0.05) is 19.1 Å². The molecule has 4 heteroatoms. The van der Waals surface area contributed by atoms with Crippen LogP contribution in [0.2, 0.25) is 0 Å². The topological polar surface area (TPSA) is 45.2 Å². The Labute approximate surface area is 150 Å². The van der Waals surface area contributed by atoms with Gasteiger partial charge in [0.15, 0.2) is 0 Å². The van der Waals surface area contributed by atoms with Crippen LogP contribution in [-0.4, -0.2) is 23.5 Å². The molecule has 2 aromatic rings. The summed E-state index contributed by atoms with van der Waals surface area (Å²) in [6, 6.07) is 8.60. The molecule has 1 amide bonds. The highest BCUT2D eigenvalue weighted by molar-refractivity contribution is 6.05. The lowest BCUT2D eigenvalue weighted by molar-refractivity contribution is 0.102. The third kappa shape index (κ3) is 4.01. The number of aromatic nitrogens is 1. The molecule has 1 fully saturated rings. The van der Waals surface area contributed by atoms with E-state index < -0.39 is 0 Å². The fourth-order valence-corrected chi connectivity index (χ4v) is 3.54. The highest BCUT2D eigenvalue weighted by Gasteiger charge is 2.22. The summed E-state index contributed by atoms with van der Waals surface area (Å²) in [5.41, 5.74) is 4.72. The number of amides is 1. The molecule has 1 N–H and O–H groups in total. The first-order valence-corrected chi connectivity index (χ1v) is 9.18. The van der Waals surface area contributed by atoms with E-state index in [2.05, 4.69) is 28.2 Å². The fourth-order valence-electron chi connectivity index (χ4n) is 3.54. The van der Waals surface area contributed by atoms with Crippen LogP contribution in [0.25, 0.3) is 0 Å². The van der Waals surface area contributed by atoms with Crippen LogP contribution < -0.4 is 10.2 Å². The first kappa shape index (κ1) is 17.5. The maximum absolute atomic E-state index is 12.7. The third-order valence-corrected chi connectivity index (χ3v) is 5.06. The van der Waals surface area contributed by atoms with E-state index in [1.807, 2.05) is 38.2 Å². The van der Waals surface area contributed by atoms with E-state index in [0.717, 1.165) is 35.5 Å². The Kier molecular flexibility index (Phi) is 5.37. The number of carbonyl (C=O) groups is 1. The molecule has 2 heterocycles. The van der Waals surface area contributed by atoms with Gasteiger partial charge in [-0.15, -0.1) is 0 Å². The summed E-state index contributed by atoms with van der Waals surface area (Å²) in [4.78, 5) is 19.4. The van der Waals surface area contributed by atoms with Crippen LogP contribution in [0.3, 0.4) is 0 Å². The maximum atomic E-state index is 12.7. The third-order valence-electron chi connectivity index (χ3n) is 5.06. The van der Waals surface area contributed by atoms with E-state index in [-0.39, 0.29) is 5.91 Å². The number of hydrogen-bond donors (Lipinski definition) is 1. The summed E-state index contributed by atoms with van der Waals surface area (Å²) in [5, 5.41) is 3.03. The minimum Gasteiger partial charge on any atom is -0.367 e. The van der Waals surface area contributed by atoms with Gasteiger partial charge in [0.1, 0.15) is 0 Å². The molecule has 4 nitrogen and oxygen atoms in total. The zero-order valence-corrected chi connectivity index (χ0v) is 15.4. The largest absolute Gasteiger partial charge is 0.367 e. The molecule has 0 bridgehead atoms. The van der Waals surface area contributed by atoms with Crippen LogP contribution in [0.4, 0.5) is 11.4 Å². The molecule has 3 rings (SSSR count). The summed E-state index contributed by atoms with van der Waals surface area (Å²) in [6.07, 6.45) is 8.36. The van der Waals surface area contributed by atoms with Crippen molar-refractivity contribution in [3.63, 3.8) is 0 Å². The molecule has 1 saturated heterocycles. The molecule has 0 saturated carbocycles. The quantitative estimate of drug-likeness (QED) is 0.878. The Balaban J connectivity index is 1.81. The highest BCUT2D eigenvalue weighted by Crippen LogP contribution is 2.27. The molecule has 1 aliphatic rings. The van der Waals surface area contributed by atoms with Crippen molar-refractivity contribution in [1.29, 1.82) is 0 Å². The predicted molar refractivity (Wildman–Crippen MR) is 103 cm³/mol. The van der Waals surface area contributed by atoms with Crippen LogP contribution in [0.15, 0.2) is 36.7 Å². The standard InChI is InChI=1S/C21H27N3O/c1-4-18-7-5-6-10-24(18)19-12-17(13-22-14-19)21(25)23-20-11-15(2)8-9-16(20)3/h8-9,11-14,18H,4-7,10H2,1-3H3,(H,23,25). The average Bonchev–Trinajstić information content (AvgIpc) is 2.64. The van der Waals surface area contributed by atoms with Crippen LogP contribution in [0.5, 0.6) is 0 Å². The predicted octanol–water partition coefficient (Wildman–Crippen LogP) is 4.72. The average molecular weight is 337 g/mol. The zero-order valence-electron chi connectivity index (χ0n) is 15.4. The van der Waals surface area contributed by atoms with Crippen molar-refractivity contribution in [1.82, 2.24) is 4.98 Å². The highest BCUT2D eigenvalue weighted by atomic mass is 16.1. The van der Waals surface area contributed by atoms with E-state index in [9.17, 15) is 4.79 Å². The number of piperidine rings is 1. The molecular weight excluding hydrogens is 310 g/mol. The Hall–Kier alpha value is -2.36. The van der Waals surface area contributed by atoms with E-state index >= 15 is 0 Å². The Morgan fingerprint density at radius 3 is 2.88 bits per heavy atom. The molecule has 132 valence electrons. The number of pyridine rings is 1. The monoisotopic (exact) mass is 337 g/mol. The number of carbonyl (C=O) groups excluding carboxylic acids is 1. The lowest BCUT2D eigenvalue weighted by Gasteiger charge is -2.37. The Bertz CT molecular complexity index is 757. The first-order chi connectivity index (χ1) is 12.1. The number of hydrogen-bond acceptors (Lipinski definition) is 3. The summed E-state index contributed by atoms with van der Waals surface area (Å²) >= 11 is 0. The number of rotatable bonds is 4. The van der Waals surface area contributed by atoms with Crippen LogP contribution >= 0.6 is 0 Å². The lowest BCUT2D eigenvalue weighted by atomic mass is 9.99. The van der Waals surface area contributed by atoms with Gasteiger partial charge in [-0.05, 0) is 62.8 Å². The van der Waals surface area contributed by atoms with Crippen molar-refractivity contribution in [2.24, 2.45) is 0 Å². The van der Waals surface area contributed by atoms with Gasteiger partial charge in [0.05, 0.1) is 17.4 Å². The van der Waals surface area contributed by atoms with Crippen molar-refractivity contribution in [3.8, 4) is 0 Å². The van der Waals surface area contributed by atoms with Crippen molar-refractivity contribution >= 4 is 17.3 Å². The molecular formula is C21H27N3O. The summed E-state index contributed by atoms with van der Waals surface area (Å²) in [7, 11) is 0. The molecule has 1 atom stereocenters. The Morgan fingerprint density at radius 1 is 1.24 bits per heavy atom. The molecule has 0 radical (unpaired) electrons. The fraction of sp³-hybridized carbons (Fsp3) is 0.429. The molecule has 1 unspecified atom stereocenters. The Morgan fingerprint density at radius 2 is 2.08 bits per heavy atom. The normalized spacial score (nSPS) is 17.4. The smallest absolute Gasteiger partial charge is 0.257 e. The number of nitrogens with zero attached hydrogens (tertiary/aromatic N) is 2. The van der Waals surface area contributed by atoms with Gasteiger partial charge < -0.3 is 10.2 Å². The summed E-state index contributed by atoms with van der Waals surface area (Å²) < 4.78 is 0. The number of benzene rings is 1. The number of aryl methyl sites for hydroxylation is 2. The van der Waals surface area contributed by atoms with Crippen molar-refractivity contribution in [3.05, 3.63) is 53.3 Å². The van der Waals surface area contributed by atoms with E-state index in [4.69, 9.17) is 0 Å².